The molecule has 2 N–H and O–H groups in total. The molecule has 2 aromatic carbocycles. The number of amides is 1. The summed E-state index contributed by atoms with van der Waals surface area (Å²) >= 11 is 0. The molecule has 172 valence electrons. The van der Waals surface area contributed by atoms with Crippen molar-refractivity contribution >= 4 is 23.5 Å². The molecule has 0 spiro atoms. The fourth-order valence-corrected chi connectivity index (χ4v) is 3.32. The second-order valence-electron chi connectivity index (χ2n) is 7.54. The van der Waals surface area contributed by atoms with Crippen molar-refractivity contribution in [1.82, 2.24) is 30.0 Å². The molecule has 1 saturated heterocycles. The third kappa shape index (κ3) is 4.33. The number of benzene rings is 2. The Kier molecular flexibility index (Phi) is 5.46. The Labute approximate surface area is 193 Å². The summed E-state index contributed by atoms with van der Waals surface area (Å²) in [6.07, 6.45) is -0.212. The number of halogens is 1. The van der Waals surface area contributed by atoms with Crippen molar-refractivity contribution in [3.63, 3.8) is 0 Å². The quantitative estimate of drug-likeness (QED) is 0.454. The van der Waals surface area contributed by atoms with Crippen LogP contribution in [0.3, 0.4) is 0 Å². The van der Waals surface area contributed by atoms with Crippen molar-refractivity contribution in [3.8, 4) is 17.4 Å². The second kappa shape index (κ2) is 8.73. The largest absolute Gasteiger partial charge is 0.487 e. The Morgan fingerprint density at radius 3 is 2.53 bits per heavy atom. The maximum Gasteiger partial charge on any atom is 0.316 e. The van der Waals surface area contributed by atoms with Crippen LogP contribution in [0.4, 0.5) is 22.0 Å². The first-order valence-electron chi connectivity index (χ1n) is 10.3. The van der Waals surface area contributed by atoms with Gasteiger partial charge in [0.1, 0.15) is 17.7 Å². The summed E-state index contributed by atoms with van der Waals surface area (Å²) in [6.45, 7) is 0.664. The predicted octanol–water partition coefficient (Wildman–Crippen LogP) is 2.31. The molecule has 0 saturated carbocycles. The van der Waals surface area contributed by atoms with Gasteiger partial charge in [0.15, 0.2) is 0 Å². The van der Waals surface area contributed by atoms with Gasteiger partial charge in [-0.2, -0.15) is 19.9 Å². The molecule has 0 bridgehead atoms. The van der Waals surface area contributed by atoms with E-state index in [1.807, 2.05) is 30.3 Å². The van der Waals surface area contributed by atoms with E-state index in [1.54, 1.807) is 11.9 Å². The molecule has 2 aromatic heterocycles. The summed E-state index contributed by atoms with van der Waals surface area (Å²) in [6, 6.07) is 15.2. The third-order valence-corrected chi connectivity index (χ3v) is 5.15. The first-order valence-corrected chi connectivity index (χ1v) is 10.3. The van der Waals surface area contributed by atoms with E-state index in [0.29, 0.717) is 18.8 Å². The van der Waals surface area contributed by atoms with E-state index in [2.05, 4.69) is 25.1 Å². The molecule has 1 aliphatic heterocycles. The number of hydrogen-bond donors (Lipinski definition) is 1. The number of likely N-dealkylation sites (tertiary alicyclic amines) is 1. The van der Waals surface area contributed by atoms with Crippen molar-refractivity contribution in [3.05, 3.63) is 66.3 Å². The van der Waals surface area contributed by atoms with Gasteiger partial charge < -0.3 is 24.8 Å². The fourth-order valence-electron chi connectivity index (χ4n) is 3.32. The van der Waals surface area contributed by atoms with Crippen LogP contribution < -0.4 is 15.4 Å². The number of nitrogens with two attached hydrogens (primary N) is 1. The standard InChI is InChI=1S/C22H19FN8O3/c1-30(14-5-3-2-4-6-14)22-27-17(26-21(24)28-22)18-25-19(34-29-18)20(32)31-11-16(12-31)33-15-9-7-13(23)8-10-15/h2-10,16H,11-12H2,1H3,(H2,24,26,27,28). The molecular weight excluding hydrogens is 443 g/mol. The van der Waals surface area contributed by atoms with Gasteiger partial charge in [-0.25, -0.2) is 4.39 Å². The number of carbonyl (C=O) groups is 1. The highest BCUT2D eigenvalue weighted by atomic mass is 19.1. The van der Waals surface area contributed by atoms with Crippen LogP contribution in [0.15, 0.2) is 59.1 Å². The predicted molar refractivity (Wildman–Crippen MR) is 119 cm³/mol. The molecule has 0 radical (unpaired) electrons. The molecule has 12 heteroatoms. The molecule has 0 aliphatic carbocycles. The van der Waals surface area contributed by atoms with Gasteiger partial charge in [-0.3, -0.25) is 4.79 Å². The van der Waals surface area contributed by atoms with Gasteiger partial charge in [0.25, 0.3) is 0 Å². The fraction of sp³-hybridized carbons (Fsp3) is 0.182. The SMILES string of the molecule is CN(c1ccccc1)c1nc(N)nc(-c2noc(C(=O)N3CC(Oc4ccc(F)cc4)C3)n2)n1. The summed E-state index contributed by atoms with van der Waals surface area (Å²) in [4.78, 5) is 32.6. The maximum absolute atomic E-state index is 13.0. The number of aromatic nitrogens is 5. The molecule has 4 aromatic rings. The smallest absolute Gasteiger partial charge is 0.316 e. The minimum Gasteiger partial charge on any atom is -0.487 e. The molecule has 1 amide bonds. The average Bonchev–Trinajstić information content (AvgIpc) is 3.32. The second-order valence-corrected chi connectivity index (χ2v) is 7.54. The minimum atomic E-state index is -0.443. The third-order valence-electron chi connectivity index (χ3n) is 5.15. The summed E-state index contributed by atoms with van der Waals surface area (Å²) in [7, 11) is 1.79. The van der Waals surface area contributed by atoms with E-state index in [0.717, 1.165) is 5.69 Å². The number of hydrogen-bond acceptors (Lipinski definition) is 10. The molecular formula is C22H19FN8O3. The lowest BCUT2D eigenvalue weighted by Crippen LogP contribution is -2.56. The lowest BCUT2D eigenvalue weighted by atomic mass is 10.1. The van der Waals surface area contributed by atoms with Crippen LogP contribution in [0.2, 0.25) is 0 Å². The lowest BCUT2D eigenvalue weighted by molar-refractivity contribution is 0.0143. The molecule has 11 nitrogen and oxygen atoms in total. The van der Waals surface area contributed by atoms with Gasteiger partial charge in [0.05, 0.1) is 13.1 Å². The van der Waals surface area contributed by atoms with Crippen LogP contribution >= 0.6 is 0 Å². The Morgan fingerprint density at radius 1 is 1.06 bits per heavy atom. The molecule has 34 heavy (non-hydrogen) atoms. The van der Waals surface area contributed by atoms with Crippen molar-refractivity contribution in [2.24, 2.45) is 0 Å². The highest BCUT2D eigenvalue weighted by Crippen LogP contribution is 2.23. The van der Waals surface area contributed by atoms with E-state index < -0.39 is 5.91 Å². The number of rotatable bonds is 6. The summed E-state index contributed by atoms with van der Waals surface area (Å²) in [5.74, 6) is -0.104. The molecule has 1 fully saturated rings. The average molecular weight is 462 g/mol. The molecule has 1 aliphatic rings. The summed E-state index contributed by atoms with van der Waals surface area (Å²) in [5, 5.41) is 3.83. The van der Waals surface area contributed by atoms with Gasteiger partial charge in [-0.05, 0) is 36.4 Å². The molecule has 0 unspecified atom stereocenters. The zero-order valence-electron chi connectivity index (χ0n) is 18.0. The van der Waals surface area contributed by atoms with Crippen molar-refractivity contribution in [2.45, 2.75) is 6.10 Å². The number of ether oxygens (including phenoxy) is 1. The van der Waals surface area contributed by atoms with Crippen LogP contribution in [0.1, 0.15) is 10.7 Å². The van der Waals surface area contributed by atoms with E-state index in [4.69, 9.17) is 15.0 Å². The van der Waals surface area contributed by atoms with Crippen LogP contribution in [-0.2, 0) is 0 Å². The monoisotopic (exact) mass is 462 g/mol. The van der Waals surface area contributed by atoms with Gasteiger partial charge in [-0.15, -0.1) is 0 Å². The number of nitrogens with zero attached hydrogens (tertiary/aromatic N) is 7. The van der Waals surface area contributed by atoms with Crippen LogP contribution in [0, 0.1) is 5.82 Å². The zero-order chi connectivity index (χ0) is 23.7. The van der Waals surface area contributed by atoms with Crippen LogP contribution in [-0.4, -0.2) is 62.1 Å². The molecule has 3 heterocycles. The number of carbonyl (C=O) groups excluding carboxylic acids is 1. The van der Waals surface area contributed by atoms with E-state index in [9.17, 15) is 9.18 Å². The van der Waals surface area contributed by atoms with Gasteiger partial charge >= 0.3 is 11.8 Å². The van der Waals surface area contributed by atoms with Crippen molar-refractivity contribution in [1.29, 1.82) is 0 Å². The minimum absolute atomic E-state index is 0.0137. The number of nitrogen functional groups attached to an aromatic ring is 1. The van der Waals surface area contributed by atoms with Gasteiger partial charge in [-0.1, -0.05) is 23.4 Å². The van der Waals surface area contributed by atoms with Crippen molar-refractivity contribution in [2.75, 3.05) is 30.8 Å². The number of anilines is 3. The van der Waals surface area contributed by atoms with Crippen LogP contribution in [0.25, 0.3) is 11.6 Å². The Morgan fingerprint density at radius 2 is 1.79 bits per heavy atom. The lowest BCUT2D eigenvalue weighted by Gasteiger charge is -2.37. The normalized spacial score (nSPS) is 13.4. The highest BCUT2D eigenvalue weighted by Gasteiger charge is 2.35. The van der Waals surface area contributed by atoms with Crippen LogP contribution in [0.5, 0.6) is 5.75 Å². The highest BCUT2D eigenvalue weighted by molar-refractivity contribution is 5.90. The topological polar surface area (TPSA) is 136 Å². The van der Waals surface area contributed by atoms with Crippen molar-refractivity contribution < 1.29 is 18.4 Å². The van der Waals surface area contributed by atoms with E-state index in [1.165, 1.54) is 29.2 Å². The van der Waals surface area contributed by atoms with E-state index in [-0.39, 0.29) is 41.4 Å². The molecule has 5 rings (SSSR count). The summed E-state index contributed by atoms with van der Waals surface area (Å²) in [5.41, 5.74) is 6.71. The maximum atomic E-state index is 13.0. The first kappa shape index (κ1) is 21.2. The Hall–Kier alpha value is -4.61. The Bertz CT molecular complexity index is 1310. The first-order chi connectivity index (χ1) is 16.5. The Balaban J connectivity index is 1.26. The summed E-state index contributed by atoms with van der Waals surface area (Å²) < 4.78 is 23.9. The number of para-hydroxylation sites is 1. The van der Waals surface area contributed by atoms with Gasteiger partial charge in [0, 0.05) is 12.7 Å². The van der Waals surface area contributed by atoms with Gasteiger partial charge in [0.2, 0.25) is 23.5 Å². The van der Waals surface area contributed by atoms with E-state index >= 15 is 0 Å². The zero-order valence-corrected chi connectivity index (χ0v) is 18.0. The molecule has 0 atom stereocenters.